The van der Waals surface area contributed by atoms with E-state index in [2.05, 4.69) is 4.98 Å². The number of fused-ring (bicyclic) bond motifs is 1. The van der Waals surface area contributed by atoms with E-state index in [0.29, 0.717) is 10.6 Å². The number of phenols is 1. The molecule has 0 saturated carbocycles. The van der Waals surface area contributed by atoms with E-state index in [1.807, 2.05) is 66.1 Å². The molecule has 0 amide bonds. The molecule has 3 N–H and O–H groups in total. The number of rotatable bonds is 3. The Balaban J connectivity index is 1.82. The van der Waals surface area contributed by atoms with Gasteiger partial charge < -0.3 is 10.8 Å². The van der Waals surface area contributed by atoms with Crippen molar-refractivity contribution in [1.29, 1.82) is 0 Å². The molecule has 1 atom stereocenters. The number of benzene rings is 3. The average molecular weight is 364 g/mol. The lowest BCUT2D eigenvalue weighted by Crippen LogP contribution is -2.04. The highest BCUT2D eigenvalue weighted by atomic mass is 35.5. The number of phenolic OH excluding ortho intramolecular Hbond substituents is 1. The van der Waals surface area contributed by atoms with Gasteiger partial charge in [-0.1, -0.05) is 41.9 Å². The minimum Gasteiger partial charge on any atom is -0.506 e. The number of nitrogens with zero attached hydrogens (tertiary/aromatic N) is 2. The molecule has 0 aliphatic rings. The van der Waals surface area contributed by atoms with E-state index in [1.54, 1.807) is 12.4 Å². The molecule has 5 heteroatoms. The monoisotopic (exact) mass is 363 g/mol. The van der Waals surface area contributed by atoms with Crippen LogP contribution in [0.25, 0.3) is 27.8 Å². The van der Waals surface area contributed by atoms with Gasteiger partial charge >= 0.3 is 0 Å². The van der Waals surface area contributed by atoms with Gasteiger partial charge in [0.05, 0.1) is 16.1 Å². The van der Waals surface area contributed by atoms with Crippen LogP contribution in [0.4, 0.5) is 0 Å². The maximum Gasteiger partial charge on any atom is 0.141 e. The molecule has 0 fully saturated rings. The highest BCUT2D eigenvalue weighted by Gasteiger charge is 2.11. The second kappa shape index (κ2) is 6.48. The van der Waals surface area contributed by atoms with Crippen LogP contribution < -0.4 is 5.73 Å². The number of aromatic nitrogens is 2. The normalized spacial score (nSPS) is 12.4. The zero-order valence-electron chi connectivity index (χ0n) is 14.2. The second-order valence-corrected chi connectivity index (χ2v) is 6.74. The van der Waals surface area contributed by atoms with Crippen molar-refractivity contribution in [2.45, 2.75) is 13.0 Å². The van der Waals surface area contributed by atoms with Crippen LogP contribution in [0.5, 0.6) is 5.75 Å². The first-order chi connectivity index (χ1) is 12.5. The number of imidazole rings is 1. The summed E-state index contributed by atoms with van der Waals surface area (Å²) in [5.41, 5.74) is 11.5. The molecule has 0 aliphatic carbocycles. The topological polar surface area (TPSA) is 64.1 Å². The molecule has 0 unspecified atom stereocenters. The van der Waals surface area contributed by atoms with E-state index in [4.69, 9.17) is 17.3 Å². The zero-order valence-corrected chi connectivity index (χ0v) is 15.0. The number of aromatic hydroxyl groups is 1. The Hall–Kier alpha value is -2.82. The van der Waals surface area contributed by atoms with Crippen molar-refractivity contribution in [3.63, 3.8) is 0 Å². The molecule has 0 spiro atoms. The van der Waals surface area contributed by atoms with Crippen molar-refractivity contribution < 1.29 is 5.11 Å². The minimum absolute atomic E-state index is 0.0290. The molecule has 1 heterocycles. The Bertz CT molecular complexity index is 1100. The van der Waals surface area contributed by atoms with E-state index in [0.717, 1.165) is 27.8 Å². The third kappa shape index (κ3) is 2.83. The van der Waals surface area contributed by atoms with Crippen LogP contribution in [-0.2, 0) is 0 Å². The fourth-order valence-electron chi connectivity index (χ4n) is 3.09. The predicted molar refractivity (Wildman–Crippen MR) is 106 cm³/mol. The van der Waals surface area contributed by atoms with E-state index < -0.39 is 0 Å². The number of halogens is 1. The fraction of sp³-hybridized carbons (Fsp3) is 0.0952. The SMILES string of the molecule is C[C@@H](N)c1ccc2c(c1)ncn2-c1cccc(-c2cccc(Cl)c2O)c1. The van der Waals surface area contributed by atoms with Crippen LogP contribution in [-0.4, -0.2) is 14.7 Å². The molecule has 130 valence electrons. The van der Waals surface area contributed by atoms with Crippen molar-refractivity contribution in [1.82, 2.24) is 9.55 Å². The first-order valence-electron chi connectivity index (χ1n) is 8.35. The molecule has 0 bridgehead atoms. The van der Waals surface area contributed by atoms with Crippen molar-refractivity contribution in [2.75, 3.05) is 0 Å². The van der Waals surface area contributed by atoms with Crippen LogP contribution in [0.2, 0.25) is 5.02 Å². The summed E-state index contributed by atoms with van der Waals surface area (Å²) in [6.07, 6.45) is 1.80. The summed E-state index contributed by atoms with van der Waals surface area (Å²) in [7, 11) is 0. The number of hydrogen-bond donors (Lipinski definition) is 2. The van der Waals surface area contributed by atoms with E-state index >= 15 is 0 Å². The Morgan fingerprint density at radius 2 is 1.88 bits per heavy atom. The van der Waals surface area contributed by atoms with E-state index in [9.17, 15) is 5.11 Å². The van der Waals surface area contributed by atoms with Crippen LogP contribution in [0.1, 0.15) is 18.5 Å². The predicted octanol–water partition coefficient (Wildman–Crippen LogP) is 5.07. The highest BCUT2D eigenvalue weighted by Crippen LogP contribution is 2.35. The lowest BCUT2D eigenvalue weighted by Gasteiger charge is -2.10. The minimum atomic E-state index is -0.0290. The summed E-state index contributed by atoms with van der Waals surface area (Å²) < 4.78 is 2.02. The van der Waals surface area contributed by atoms with Crippen molar-refractivity contribution in [3.8, 4) is 22.6 Å². The van der Waals surface area contributed by atoms with Gasteiger partial charge in [-0.3, -0.25) is 4.57 Å². The first-order valence-corrected chi connectivity index (χ1v) is 8.73. The van der Waals surface area contributed by atoms with Crippen molar-refractivity contribution in [2.24, 2.45) is 5.73 Å². The van der Waals surface area contributed by atoms with Gasteiger partial charge in [0.1, 0.15) is 12.1 Å². The molecule has 0 radical (unpaired) electrons. The standard InChI is InChI=1S/C21H18ClN3O/c1-13(23)14-8-9-20-19(11-14)24-12-25(20)16-5-2-4-15(10-16)17-6-3-7-18(22)21(17)26/h2-13,26H,23H2,1H3/t13-/m1/s1. The van der Waals surface area contributed by atoms with Gasteiger partial charge in [-0.05, 0) is 48.4 Å². The maximum absolute atomic E-state index is 10.3. The average Bonchev–Trinajstić information content (AvgIpc) is 3.07. The zero-order chi connectivity index (χ0) is 18.3. The molecule has 4 aromatic rings. The van der Waals surface area contributed by atoms with Gasteiger partial charge in [0.25, 0.3) is 0 Å². The summed E-state index contributed by atoms with van der Waals surface area (Å²) in [5, 5.41) is 10.6. The molecule has 26 heavy (non-hydrogen) atoms. The Labute approximate surface area is 156 Å². The number of hydrogen-bond acceptors (Lipinski definition) is 3. The third-order valence-electron chi connectivity index (χ3n) is 4.52. The Kier molecular flexibility index (Phi) is 4.15. The first kappa shape index (κ1) is 16.6. The number of para-hydroxylation sites is 1. The summed E-state index contributed by atoms with van der Waals surface area (Å²) in [5.74, 6) is 0.0865. The van der Waals surface area contributed by atoms with E-state index in [-0.39, 0.29) is 11.8 Å². The summed E-state index contributed by atoms with van der Waals surface area (Å²) in [6.45, 7) is 1.96. The Morgan fingerprint density at radius 1 is 1.08 bits per heavy atom. The maximum atomic E-state index is 10.3. The summed E-state index contributed by atoms with van der Waals surface area (Å²) >= 11 is 6.05. The molecule has 0 aliphatic heterocycles. The van der Waals surface area contributed by atoms with Crippen LogP contribution in [0.15, 0.2) is 67.0 Å². The van der Waals surface area contributed by atoms with Gasteiger partial charge in [0.2, 0.25) is 0 Å². The van der Waals surface area contributed by atoms with Gasteiger partial charge in [0.15, 0.2) is 0 Å². The van der Waals surface area contributed by atoms with Gasteiger partial charge in [-0.2, -0.15) is 0 Å². The lowest BCUT2D eigenvalue weighted by molar-refractivity contribution is 0.477. The lowest BCUT2D eigenvalue weighted by atomic mass is 10.0. The van der Waals surface area contributed by atoms with Gasteiger partial charge in [-0.25, -0.2) is 4.98 Å². The van der Waals surface area contributed by atoms with Crippen molar-refractivity contribution >= 4 is 22.6 Å². The summed E-state index contributed by atoms with van der Waals surface area (Å²) in [4.78, 5) is 4.51. The molecular formula is C21H18ClN3O. The van der Waals surface area contributed by atoms with Crippen molar-refractivity contribution in [3.05, 3.63) is 77.6 Å². The molecule has 1 aromatic heterocycles. The fourth-order valence-corrected chi connectivity index (χ4v) is 3.26. The van der Waals surface area contributed by atoms with Crippen LogP contribution >= 0.6 is 11.6 Å². The Morgan fingerprint density at radius 3 is 2.69 bits per heavy atom. The van der Waals surface area contributed by atoms with Gasteiger partial charge in [0, 0.05) is 17.3 Å². The van der Waals surface area contributed by atoms with E-state index in [1.165, 1.54) is 0 Å². The molecule has 4 rings (SSSR count). The van der Waals surface area contributed by atoms with Crippen LogP contribution in [0, 0.1) is 0 Å². The largest absolute Gasteiger partial charge is 0.506 e. The summed E-state index contributed by atoms with van der Waals surface area (Å²) in [6, 6.07) is 19.3. The second-order valence-electron chi connectivity index (χ2n) is 6.34. The number of nitrogens with two attached hydrogens (primary N) is 1. The molecule has 3 aromatic carbocycles. The highest BCUT2D eigenvalue weighted by molar-refractivity contribution is 6.32. The van der Waals surface area contributed by atoms with Gasteiger partial charge in [-0.15, -0.1) is 0 Å². The molecule has 0 saturated heterocycles. The molecular weight excluding hydrogens is 346 g/mol. The quantitative estimate of drug-likeness (QED) is 0.534. The smallest absolute Gasteiger partial charge is 0.141 e. The van der Waals surface area contributed by atoms with Crippen LogP contribution in [0.3, 0.4) is 0 Å². The third-order valence-corrected chi connectivity index (χ3v) is 4.82. The molecule has 4 nitrogen and oxygen atoms in total.